The van der Waals surface area contributed by atoms with Crippen molar-refractivity contribution in [2.75, 3.05) is 11.9 Å². The molecule has 4 nitrogen and oxygen atoms in total. The molecule has 120 valence electrons. The topological polar surface area (TPSA) is 55.4 Å². The van der Waals surface area contributed by atoms with Gasteiger partial charge in [0.1, 0.15) is 11.6 Å². The summed E-state index contributed by atoms with van der Waals surface area (Å²) in [6.45, 7) is 3.92. The maximum Gasteiger partial charge on any atom is 0.255 e. The molecule has 0 aliphatic carbocycles. The van der Waals surface area contributed by atoms with Crippen LogP contribution < -0.4 is 10.1 Å². The number of hydrogen-bond donors (Lipinski definition) is 1. The van der Waals surface area contributed by atoms with Crippen LogP contribution in [0.2, 0.25) is 0 Å². The van der Waals surface area contributed by atoms with E-state index in [0.29, 0.717) is 29.2 Å². The van der Waals surface area contributed by atoms with Gasteiger partial charge in [-0.05, 0) is 55.8 Å². The van der Waals surface area contributed by atoms with Crippen LogP contribution in [-0.4, -0.2) is 18.3 Å². The Kier molecular flexibility index (Phi) is 5.46. The van der Waals surface area contributed by atoms with Crippen LogP contribution in [0.5, 0.6) is 5.75 Å². The van der Waals surface area contributed by atoms with E-state index in [1.807, 2.05) is 6.92 Å². The van der Waals surface area contributed by atoms with Gasteiger partial charge in [0.25, 0.3) is 5.91 Å². The van der Waals surface area contributed by atoms with Gasteiger partial charge >= 0.3 is 0 Å². The Balaban J connectivity index is 2.27. The van der Waals surface area contributed by atoms with Crippen LogP contribution >= 0.6 is 0 Å². The SMILES string of the molecule is CCCOc1ccc(C(C)=O)cc1NC(=O)c1ccc(F)cc1. The molecule has 0 unspecified atom stereocenters. The summed E-state index contributed by atoms with van der Waals surface area (Å²) >= 11 is 0. The lowest BCUT2D eigenvalue weighted by Gasteiger charge is -2.13. The first kappa shape index (κ1) is 16.7. The zero-order valence-corrected chi connectivity index (χ0v) is 13.1. The number of anilines is 1. The highest BCUT2D eigenvalue weighted by atomic mass is 19.1. The number of halogens is 1. The molecule has 0 bridgehead atoms. The van der Waals surface area contributed by atoms with Crippen LogP contribution in [0.3, 0.4) is 0 Å². The molecule has 2 aromatic carbocycles. The van der Waals surface area contributed by atoms with E-state index in [1.54, 1.807) is 18.2 Å². The van der Waals surface area contributed by atoms with Crippen LogP contribution in [-0.2, 0) is 0 Å². The second-order valence-corrected chi connectivity index (χ2v) is 5.08. The second kappa shape index (κ2) is 7.54. The van der Waals surface area contributed by atoms with Crippen molar-refractivity contribution in [1.29, 1.82) is 0 Å². The van der Waals surface area contributed by atoms with E-state index in [2.05, 4.69) is 5.32 Å². The van der Waals surface area contributed by atoms with Gasteiger partial charge in [-0.3, -0.25) is 9.59 Å². The first-order chi connectivity index (χ1) is 11.0. The number of hydrogen-bond acceptors (Lipinski definition) is 3. The molecule has 23 heavy (non-hydrogen) atoms. The van der Waals surface area contributed by atoms with Gasteiger partial charge in [-0.25, -0.2) is 4.39 Å². The van der Waals surface area contributed by atoms with E-state index in [9.17, 15) is 14.0 Å². The minimum atomic E-state index is -0.410. The van der Waals surface area contributed by atoms with Crippen molar-refractivity contribution in [1.82, 2.24) is 0 Å². The van der Waals surface area contributed by atoms with Crippen LogP contribution in [0.15, 0.2) is 42.5 Å². The van der Waals surface area contributed by atoms with Gasteiger partial charge in [-0.2, -0.15) is 0 Å². The highest BCUT2D eigenvalue weighted by Crippen LogP contribution is 2.27. The summed E-state index contributed by atoms with van der Waals surface area (Å²) in [5.41, 5.74) is 1.21. The quantitative estimate of drug-likeness (QED) is 0.818. The van der Waals surface area contributed by atoms with Crippen LogP contribution in [0.4, 0.5) is 10.1 Å². The lowest BCUT2D eigenvalue weighted by atomic mass is 10.1. The standard InChI is InChI=1S/C18H18FNO3/c1-3-10-23-17-9-6-14(12(2)21)11-16(17)20-18(22)13-4-7-15(19)8-5-13/h4-9,11H,3,10H2,1-2H3,(H,20,22). The van der Waals surface area contributed by atoms with Gasteiger partial charge in [-0.1, -0.05) is 6.92 Å². The van der Waals surface area contributed by atoms with Gasteiger partial charge in [0.05, 0.1) is 12.3 Å². The zero-order valence-electron chi connectivity index (χ0n) is 13.1. The molecule has 5 heteroatoms. The number of Topliss-reactive ketones (excluding diaryl/α,β-unsaturated/α-hetero) is 1. The smallest absolute Gasteiger partial charge is 0.255 e. The third kappa shape index (κ3) is 4.39. The van der Waals surface area contributed by atoms with Gasteiger partial charge in [0.2, 0.25) is 0 Å². The Bertz CT molecular complexity index is 711. The summed E-state index contributed by atoms with van der Waals surface area (Å²) in [5, 5.41) is 2.71. The Morgan fingerprint density at radius 1 is 1.09 bits per heavy atom. The number of amides is 1. The molecular weight excluding hydrogens is 297 g/mol. The molecule has 2 aromatic rings. The predicted molar refractivity (Wildman–Crippen MR) is 86.6 cm³/mol. The molecule has 0 heterocycles. The Hall–Kier alpha value is -2.69. The number of rotatable bonds is 6. The summed E-state index contributed by atoms with van der Waals surface area (Å²) in [5.74, 6) is -0.421. The number of nitrogens with one attached hydrogen (secondary N) is 1. The number of benzene rings is 2. The average Bonchev–Trinajstić information content (AvgIpc) is 2.54. The third-order valence-electron chi connectivity index (χ3n) is 3.20. The minimum Gasteiger partial charge on any atom is -0.491 e. The van der Waals surface area contributed by atoms with Crippen molar-refractivity contribution in [2.24, 2.45) is 0 Å². The van der Waals surface area contributed by atoms with E-state index in [1.165, 1.54) is 31.2 Å². The Morgan fingerprint density at radius 2 is 1.74 bits per heavy atom. The van der Waals surface area contributed by atoms with Crippen molar-refractivity contribution in [2.45, 2.75) is 20.3 Å². The molecule has 0 aliphatic rings. The van der Waals surface area contributed by atoms with Gasteiger partial charge in [0.15, 0.2) is 5.78 Å². The molecular formula is C18H18FNO3. The van der Waals surface area contributed by atoms with Crippen molar-refractivity contribution in [3.05, 3.63) is 59.4 Å². The number of carbonyl (C=O) groups is 2. The summed E-state index contributed by atoms with van der Waals surface area (Å²) < 4.78 is 18.5. The number of ether oxygens (including phenoxy) is 1. The first-order valence-electron chi connectivity index (χ1n) is 7.36. The van der Waals surface area contributed by atoms with Crippen molar-refractivity contribution < 1.29 is 18.7 Å². The lowest BCUT2D eigenvalue weighted by molar-refractivity contribution is 0.101. The fraction of sp³-hybridized carbons (Fsp3) is 0.222. The normalized spacial score (nSPS) is 10.2. The fourth-order valence-corrected chi connectivity index (χ4v) is 1.98. The number of ketones is 1. The molecule has 0 aliphatic heterocycles. The molecule has 0 atom stereocenters. The first-order valence-corrected chi connectivity index (χ1v) is 7.36. The maximum atomic E-state index is 12.9. The molecule has 1 amide bonds. The third-order valence-corrected chi connectivity index (χ3v) is 3.20. The zero-order chi connectivity index (χ0) is 16.8. The van der Waals surface area contributed by atoms with Gasteiger partial charge < -0.3 is 10.1 Å². The van der Waals surface area contributed by atoms with E-state index >= 15 is 0 Å². The van der Waals surface area contributed by atoms with Crippen LogP contribution in [0, 0.1) is 5.82 Å². The lowest BCUT2D eigenvalue weighted by Crippen LogP contribution is -2.13. The van der Waals surface area contributed by atoms with Gasteiger partial charge in [0, 0.05) is 11.1 Å². The maximum absolute atomic E-state index is 12.9. The number of carbonyl (C=O) groups excluding carboxylic acids is 2. The molecule has 1 N–H and O–H groups in total. The summed E-state index contributed by atoms with van der Waals surface area (Å²) in [6.07, 6.45) is 0.819. The Morgan fingerprint density at radius 3 is 2.35 bits per heavy atom. The molecule has 0 spiro atoms. The van der Waals surface area contributed by atoms with E-state index < -0.39 is 11.7 Å². The summed E-state index contributed by atoms with van der Waals surface area (Å²) in [4.78, 5) is 23.8. The molecule has 0 fully saturated rings. The van der Waals surface area contributed by atoms with E-state index in [-0.39, 0.29) is 5.78 Å². The fourth-order valence-electron chi connectivity index (χ4n) is 1.98. The molecule has 0 saturated heterocycles. The van der Waals surface area contributed by atoms with Crippen LogP contribution in [0.1, 0.15) is 41.0 Å². The highest BCUT2D eigenvalue weighted by molar-refractivity contribution is 6.06. The van der Waals surface area contributed by atoms with Gasteiger partial charge in [-0.15, -0.1) is 0 Å². The molecule has 0 aromatic heterocycles. The molecule has 0 radical (unpaired) electrons. The predicted octanol–water partition coefficient (Wildman–Crippen LogP) is 4.07. The van der Waals surface area contributed by atoms with Crippen molar-refractivity contribution in [3.63, 3.8) is 0 Å². The average molecular weight is 315 g/mol. The summed E-state index contributed by atoms with van der Waals surface area (Å²) in [6, 6.07) is 10.1. The highest BCUT2D eigenvalue weighted by Gasteiger charge is 2.12. The summed E-state index contributed by atoms with van der Waals surface area (Å²) in [7, 11) is 0. The van der Waals surface area contributed by atoms with E-state index in [0.717, 1.165) is 6.42 Å². The second-order valence-electron chi connectivity index (χ2n) is 5.08. The van der Waals surface area contributed by atoms with E-state index in [4.69, 9.17) is 4.74 Å². The largest absolute Gasteiger partial charge is 0.491 e. The molecule has 0 saturated carbocycles. The Labute approximate surface area is 134 Å². The minimum absolute atomic E-state index is 0.107. The molecule has 2 rings (SSSR count). The van der Waals surface area contributed by atoms with Crippen molar-refractivity contribution >= 4 is 17.4 Å². The van der Waals surface area contributed by atoms with Crippen molar-refractivity contribution in [3.8, 4) is 5.75 Å². The monoisotopic (exact) mass is 315 g/mol. The van der Waals surface area contributed by atoms with Crippen LogP contribution in [0.25, 0.3) is 0 Å².